The molecule has 0 saturated heterocycles. The molecular formula is C26H23N7O2. The van der Waals surface area contributed by atoms with Gasteiger partial charge in [-0.05, 0) is 55.3 Å². The maximum atomic E-state index is 11.6. The van der Waals surface area contributed by atoms with Crippen molar-refractivity contribution in [2.75, 3.05) is 10.3 Å². The Labute approximate surface area is 201 Å². The minimum absolute atomic E-state index is 0.0965. The number of amidine groups is 1. The first-order valence-electron chi connectivity index (χ1n) is 11.4. The van der Waals surface area contributed by atoms with Gasteiger partial charge in [0.25, 0.3) is 0 Å². The van der Waals surface area contributed by atoms with Gasteiger partial charge >= 0.3 is 0 Å². The van der Waals surface area contributed by atoms with Crippen molar-refractivity contribution in [3.8, 4) is 11.5 Å². The van der Waals surface area contributed by atoms with Gasteiger partial charge in [0, 0.05) is 23.5 Å². The van der Waals surface area contributed by atoms with E-state index < -0.39 is 0 Å². The number of nitrogens with zero attached hydrogens (tertiary/aromatic N) is 4. The number of hydrogen-bond acceptors (Lipinski definition) is 7. The van der Waals surface area contributed by atoms with Crippen molar-refractivity contribution >= 4 is 34.3 Å². The highest BCUT2D eigenvalue weighted by Gasteiger charge is 2.38. The molecule has 6 rings (SSSR count). The standard InChI is InChI=1S/C26H23N7O2/c1-2-22(34)30-17-12-18(13-17)33-26-23-21(14-27-25(23)28-15-29-26)24(32-33)31-16-8-10-20(11-9-16)35-19-6-4-3-5-7-19/h2-11,14-15,17-18H,1,12-13H2,(H,30,34)(H,31,32)(H,27,28,29). The zero-order chi connectivity index (χ0) is 23.8. The van der Waals surface area contributed by atoms with Crippen LogP contribution in [0.5, 0.6) is 11.5 Å². The number of ether oxygens (including phenoxy) is 1. The van der Waals surface area contributed by atoms with Crippen molar-refractivity contribution in [2.45, 2.75) is 24.9 Å². The highest BCUT2D eigenvalue weighted by Crippen LogP contribution is 2.37. The molecule has 1 fully saturated rings. The number of rotatable bonds is 6. The molecule has 1 amide bonds. The molecule has 35 heavy (non-hydrogen) atoms. The predicted molar refractivity (Wildman–Crippen MR) is 135 cm³/mol. The third-order valence-corrected chi connectivity index (χ3v) is 6.22. The van der Waals surface area contributed by atoms with Gasteiger partial charge < -0.3 is 20.4 Å². The van der Waals surface area contributed by atoms with E-state index in [1.165, 1.54) is 6.08 Å². The number of carbonyl (C=O) groups is 1. The topological polar surface area (TPSA) is 108 Å². The van der Waals surface area contributed by atoms with Gasteiger partial charge in [0.05, 0.1) is 11.4 Å². The number of benzene rings is 2. The second-order valence-corrected chi connectivity index (χ2v) is 8.52. The van der Waals surface area contributed by atoms with Crippen LogP contribution in [-0.4, -0.2) is 38.8 Å². The van der Waals surface area contributed by atoms with Crippen molar-refractivity contribution in [3.63, 3.8) is 0 Å². The molecule has 9 nitrogen and oxygen atoms in total. The number of nitrogens with one attached hydrogen (secondary N) is 3. The molecule has 9 heteroatoms. The second kappa shape index (κ2) is 8.60. The highest BCUT2D eigenvalue weighted by molar-refractivity contribution is 6.19. The first-order valence-corrected chi connectivity index (χ1v) is 11.4. The molecule has 2 aromatic heterocycles. The molecule has 174 valence electrons. The SMILES string of the molecule is C=CC(=O)NC1CC(N2N=C(Nc3ccc(Oc4ccccc4)cc3)c3c[nH]c4ncnc2c34)C1. The summed E-state index contributed by atoms with van der Waals surface area (Å²) in [6, 6.07) is 17.6. The van der Waals surface area contributed by atoms with Crippen LogP contribution in [0, 0.1) is 0 Å². The van der Waals surface area contributed by atoms with Gasteiger partial charge in [-0.15, -0.1) is 0 Å². The average molecular weight is 466 g/mol. The number of carbonyl (C=O) groups excluding carboxylic acids is 1. The van der Waals surface area contributed by atoms with Crippen LogP contribution in [0.25, 0.3) is 11.0 Å². The number of H-pyrrole nitrogens is 1. The molecule has 4 aromatic rings. The van der Waals surface area contributed by atoms with E-state index in [1.807, 2.05) is 65.8 Å². The molecule has 0 bridgehead atoms. The summed E-state index contributed by atoms with van der Waals surface area (Å²) < 4.78 is 5.90. The van der Waals surface area contributed by atoms with E-state index in [0.717, 1.165) is 52.4 Å². The van der Waals surface area contributed by atoms with Gasteiger partial charge in [-0.2, -0.15) is 5.10 Å². The fourth-order valence-electron chi connectivity index (χ4n) is 4.40. The Morgan fingerprint density at radius 2 is 1.86 bits per heavy atom. The van der Waals surface area contributed by atoms with Crippen LogP contribution in [0.4, 0.5) is 11.5 Å². The van der Waals surface area contributed by atoms with Crippen LogP contribution < -0.4 is 20.4 Å². The number of hydrogen-bond donors (Lipinski definition) is 3. The Hall–Kier alpha value is -4.66. The summed E-state index contributed by atoms with van der Waals surface area (Å²) in [6.45, 7) is 3.52. The van der Waals surface area contributed by atoms with Gasteiger partial charge in [-0.1, -0.05) is 24.8 Å². The van der Waals surface area contributed by atoms with E-state index in [4.69, 9.17) is 9.84 Å². The maximum absolute atomic E-state index is 11.6. The molecule has 1 saturated carbocycles. The summed E-state index contributed by atoms with van der Waals surface area (Å²) in [4.78, 5) is 23.8. The lowest BCUT2D eigenvalue weighted by Crippen LogP contribution is -2.53. The molecule has 0 atom stereocenters. The molecule has 0 radical (unpaired) electrons. The number of anilines is 2. The predicted octanol–water partition coefficient (Wildman–Crippen LogP) is 4.18. The smallest absolute Gasteiger partial charge is 0.243 e. The Morgan fingerprint density at radius 1 is 1.09 bits per heavy atom. The second-order valence-electron chi connectivity index (χ2n) is 8.52. The quantitative estimate of drug-likeness (QED) is 0.369. The lowest BCUT2D eigenvalue weighted by molar-refractivity contribution is -0.117. The fraction of sp³-hybridized carbons (Fsp3) is 0.154. The molecule has 2 aliphatic rings. The van der Waals surface area contributed by atoms with Gasteiger partial charge in [0.15, 0.2) is 11.7 Å². The van der Waals surface area contributed by atoms with Crippen molar-refractivity contribution in [3.05, 3.63) is 85.3 Å². The zero-order valence-corrected chi connectivity index (χ0v) is 18.8. The van der Waals surface area contributed by atoms with E-state index in [-0.39, 0.29) is 18.0 Å². The Morgan fingerprint density at radius 3 is 2.63 bits per heavy atom. The largest absolute Gasteiger partial charge is 0.457 e. The minimum atomic E-state index is -0.157. The Balaban J connectivity index is 1.24. The van der Waals surface area contributed by atoms with E-state index in [2.05, 4.69) is 32.2 Å². The number of aromatic amines is 1. The number of hydrazone groups is 1. The molecular weight excluding hydrogens is 442 g/mol. The maximum Gasteiger partial charge on any atom is 0.243 e. The van der Waals surface area contributed by atoms with E-state index in [1.54, 1.807) is 6.33 Å². The van der Waals surface area contributed by atoms with Crippen LogP contribution >= 0.6 is 0 Å². The molecule has 1 aliphatic carbocycles. The molecule has 1 aliphatic heterocycles. The summed E-state index contributed by atoms with van der Waals surface area (Å²) in [5.41, 5.74) is 2.54. The number of para-hydroxylation sites is 1. The van der Waals surface area contributed by atoms with Crippen LogP contribution in [0.2, 0.25) is 0 Å². The minimum Gasteiger partial charge on any atom is -0.457 e. The highest BCUT2D eigenvalue weighted by atomic mass is 16.5. The first-order chi connectivity index (χ1) is 17.2. The third-order valence-electron chi connectivity index (χ3n) is 6.22. The molecule has 3 N–H and O–H groups in total. The van der Waals surface area contributed by atoms with E-state index in [9.17, 15) is 4.79 Å². The number of aromatic nitrogens is 3. The van der Waals surface area contributed by atoms with Crippen molar-refractivity contribution in [2.24, 2.45) is 5.10 Å². The van der Waals surface area contributed by atoms with E-state index >= 15 is 0 Å². The van der Waals surface area contributed by atoms with Crippen LogP contribution in [0.3, 0.4) is 0 Å². The van der Waals surface area contributed by atoms with Gasteiger partial charge in [0.1, 0.15) is 23.5 Å². The monoisotopic (exact) mass is 465 g/mol. The lowest BCUT2D eigenvalue weighted by atomic mass is 9.86. The summed E-state index contributed by atoms with van der Waals surface area (Å²) in [7, 11) is 0. The Bertz CT molecular complexity index is 1420. The number of amides is 1. The lowest BCUT2D eigenvalue weighted by Gasteiger charge is -2.42. The van der Waals surface area contributed by atoms with Crippen LogP contribution in [0.15, 0.2) is 84.9 Å². The summed E-state index contributed by atoms with van der Waals surface area (Å²) in [6.07, 6.45) is 6.28. The Kier molecular flexibility index (Phi) is 5.14. The van der Waals surface area contributed by atoms with Crippen LogP contribution in [0.1, 0.15) is 18.4 Å². The van der Waals surface area contributed by atoms with Crippen molar-refractivity contribution < 1.29 is 9.53 Å². The van der Waals surface area contributed by atoms with Gasteiger partial charge in [-0.3, -0.25) is 4.79 Å². The van der Waals surface area contributed by atoms with Gasteiger partial charge in [0.2, 0.25) is 5.91 Å². The first kappa shape index (κ1) is 20.9. The molecule has 3 heterocycles. The summed E-state index contributed by atoms with van der Waals surface area (Å²) >= 11 is 0. The average Bonchev–Trinajstić information content (AvgIpc) is 3.30. The summed E-state index contributed by atoms with van der Waals surface area (Å²) in [5.74, 6) is 2.85. The molecule has 2 aromatic carbocycles. The molecule has 0 unspecified atom stereocenters. The normalized spacial score (nSPS) is 18.4. The van der Waals surface area contributed by atoms with Gasteiger partial charge in [-0.25, -0.2) is 15.0 Å². The summed E-state index contributed by atoms with van der Waals surface area (Å²) in [5, 5.41) is 14.2. The third kappa shape index (κ3) is 3.97. The van der Waals surface area contributed by atoms with E-state index in [0.29, 0.717) is 5.84 Å². The van der Waals surface area contributed by atoms with Crippen molar-refractivity contribution in [1.82, 2.24) is 20.3 Å². The fourth-order valence-corrected chi connectivity index (χ4v) is 4.40. The zero-order valence-electron chi connectivity index (χ0n) is 18.8. The van der Waals surface area contributed by atoms with Crippen molar-refractivity contribution in [1.29, 1.82) is 0 Å². The van der Waals surface area contributed by atoms with Crippen LogP contribution in [-0.2, 0) is 4.79 Å². The molecule has 0 spiro atoms.